The summed E-state index contributed by atoms with van der Waals surface area (Å²) in [7, 11) is 0. The Morgan fingerprint density at radius 2 is 0.611 bits per heavy atom. The van der Waals surface area contributed by atoms with Crippen LogP contribution in [-0.4, -0.2) is 9.13 Å². The average Bonchev–Trinajstić information content (AvgIpc) is 3.87. The van der Waals surface area contributed by atoms with Crippen LogP contribution >= 0.6 is 0 Å². The van der Waals surface area contributed by atoms with E-state index in [4.69, 9.17) is 0 Å². The average molecular weight is 929 g/mol. The summed E-state index contributed by atoms with van der Waals surface area (Å²) in [5.41, 5.74) is 24.1. The summed E-state index contributed by atoms with van der Waals surface area (Å²) in [6, 6.07) is 73.7. The Morgan fingerprint density at radius 3 is 1.03 bits per heavy atom. The van der Waals surface area contributed by atoms with Crippen molar-refractivity contribution in [2.75, 3.05) is 9.80 Å². The predicted molar refractivity (Wildman–Crippen MR) is 305 cm³/mol. The van der Waals surface area contributed by atoms with Gasteiger partial charge in [-0.2, -0.15) is 0 Å². The lowest BCUT2D eigenvalue weighted by Crippen LogP contribution is -2.31. The van der Waals surface area contributed by atoms with Gasteiger partial charge in [-0.15, -0.1) is 0 Å². The molecule has 10 aromatic carbocycles. The molecule has 72 heavy (non-hydrogen) atoms. The van der Waals surface area contributed by atoms with Crippen LogP contribution in [0.3, 0.4) is 0 Å². The highest BCUT2D eigenvalue weighted by atomic mass is 15.2. The molecule has 0 fully saturated rings. The quantitative estimate of drug-likeness (QED) is 0.175. The molecule has 0 spiro atoms. The van der Waals surface area contributed by atoms with E-state index in [1.54, 1.807) is 0 Å². The minimum atomic E-state index is -0.269. The maximum absolute atomic E-state index is 2.57. The summed E-state index contributed by atoms with van der Waals surface area (Å²) in [5.74, 6) is 0. The van der Waals surface area contributed by atoms with Crippen LogP contribution in [0, 0.1) is 27.7 Å². The normalized spacial score (nSPS) is 14.6. The van der Waals surface area contributed by atoms with Crippen LogP contribution in [-0.2, 0) is 10.8 Å². The van der Waals surface area contributed by atoms with Crippen LogP contribution in [0.5, 0.6) is 0 Å². The zero-order chi connectivity index (χ0) is 48.9. The van der Waals surface area contributed by atoms with E-state index in [0.29, 0.717) is 0 Å². The maximum Gasteiger partial charge on any atom is 0.0562 e. The summed E-state index contributed by atoms with van der Waals surface area (Å²) < 4.78 is 4.97. The molecule has 4 heteroatoms. The van der Waals surface area contributed by atoms with Crippen LogP contribution in [0.4, 0.5) is 34.1 Å². The van der Waals surface area contributed by atoms with Crippen molar-refractivity contribution in [1.82, 2.24) is 9.13 Å². The second-order valence-corrected chi connectivity index (χ2v) is 21.8. The second kappa shape index (κ2) is 15.1. The zero-order valence-corrected chi connectivity index (χ0v) is 42.3. The standard InChI is InChI=1S/C68H56N4/c1-41-31-42(2)34-45(33-41)69-57-25-13-9-19-49(57)51-37-55-65(39-63(51)69)71(61-27-15-11-23-53(61)67(55,5)6)59-29-17-22-48-47(59)21-18-30-60(48)72-62-28-16-12-24-54(62)68(7,8)56-38-52-50-20-10-14-26-58(50)70(64(52)40-66(56)72)46-35-43(3)32-44(4)36-46/h9-40H,1-8H3. The Morgan fingerprint density at radius 1 is 0.264 bits per heavy atom. The molecular formula is C68H56N4. The number of aryl methyl sites for hydroxylation is 4. The number of nitrogens with zero attached hydrogens (tertiary/aromatic N) is 4. The Bertz CT molecular complexity index is 3970. The minimum absolute atomic E-state index is 0.269. The van der Waals surface area contributed by atoms with Crippen LogP contribution < -0.4 is 9.80 Å². The van der Waals surface area contributed by atoms with Crippen molar-refractivity contribution in [3.05, 3.63) is 239 Å². The summed E-state index contributed by atoms with van der Waals surface area (Å²) in [6.45, 7) is 18.4. The van der Waals surface area contributed by atoms with E-state index >= 15 is 0 Å². The molecule has 14 rings (SSSR count). The van der Waals surface area contributed by atoms with E-state index in [0.717, 1.165) is 11.4 Å². The molecule has 2 aliphatic rings. The van der Waals surface area contributed by atoms with Crippen molar-refractivity contribution in [2.24, 2.45) is 0 Å². The molecule has 0 saturated carbocycles. The highest BCUT2D eigenvalue weighted by Crippen LogP contribution is 2.58. The maximum atomic E-state index is 2.57. The summed E-state index contributed by atoms with van der Waals surface area (Å²) in [6.07, 6.45) is 0. The van der Waals surface area contributed by atoms with Gasteiger partial charge in [0.15, 0.2) is 0 Å². The first kappa shape index (κ1) is 42.5. The molecule has 0 unspecified atom stereocenters. The van der Waals surface area contributed by atoms with E-state index in [1.165, 1.54) is 133 Å². The molecule has 0 saturated heterocycles. The van der Waals surface area contributed by atoms with Crippen molar-refractivity contribution in [3.63, 3.8) is 0 Å². The van der Waals surface area contributed by atoms with Crippen LogP contribution in [0.15, 0.2) is 194 Å². The molecule has 4 nitrogen and oxygen atoms in total. The van der Waals surface area contributed by atoms with Crippen LogP contribution in [0.2, 0.25) is 0 Å². The number of aromatic nitrogens is 2. The fourth-order valence-electron chi connectivity index (χ4n) is 13.2. The summed E-state index contributed by atoms with van der Waals surface area (Å²) in [5, 5.41) is 7.46. The molecule has 0 radical (unpaired) electrons. The first-order chi connectivity index (χ1) is 34.9. The third-order valence-electron chi connectivity index (χ3n) is 16.3. The molecule has 0 N–H and O–H groups in total. The van der Waals surface area contributed by atoms with Crippen molar-refractivity contribution in [1.29, 1.82) is 0 Å². The number of fused-ring (bicyclic) bond motifs is 11. The smallest absolute Gasteiger partial charge is 0.0562 e. The molecule has 4 heterocycles. The minimum Gasteiger partial charge on any atom is -0.309 e. The van der Waals surface area contributed by atoms with E-state index in [2.05, 4.69) is 268 Å². The van der Waals surface area contributed by atoms with Gasteiger partial charge in [-0.3, -0.25) is 0 Å². The molecule has 0 bridgehead atoms. The van der Waals surface area contributed by atoms with Gasteiger partial charge < -0.3 is 18.9 Å². The number of rotatable bonds is 4. The van der Waals surface area contributed by atoms with Gasteiger partial charge in [0, 0.05) is 54.5 Å². The molecule has 0 amide bonds. The van der Waals surface area contributed by atoms with Crippen LogP contribution in [0.25, 0.3) is 65.8 Å². The Balaban J connectivity index is 1.04. The first-order valence-electron chi connectivity index (χ1n) is 25.5. The van der Waals surface area contributed by atoms with E-state index in [-0.39, 0.29) is 10.8 Å². The van der Waals surface area contributed by atoms with Crippen molar-refractivity contribution in [2.45, 2.75) is 66.2 Å². The lowest BCUT2D eigenvalue weighted by atomic mass is 9.73. The largest absolute Gasteiger partial charge is 0.309 e. The summed E-state index contributed by atoms with van der Waals surface area (Å²) >= 11 is 0. The zero-order valence-electron chi connectivity index (χ0n) is 42.3. The van der Waals surface area contributed by atoms with Gasteiger partial charge in [-0.05, 0) is 157 Å². The van der Waals surface area contributed by atoms with Gasteiger partial charge in [0.05, 0.1) is 56.2 Å². The Hall–Kier alpha value is -8.34. The van der Waals surface area contributed by atoms with E-state index < -0.39 is 0 Å². The molecule has 2 aliphatic heterocycles. The van der Waals surface area contributed by atoms with Gasteiger partial charge in [0.2, 0.25) is 0 Å². The molecule has 0 aliphatic carbocycles. The first-order valence-corrected chi connectivity index (χ1v) is 25.5. The SMILES string of the molecule is Cc1cc(C)cc(-n2c3ccccc3c3cc4c(cc32)N(c2cccc3c(N5c6ccccc6C(C)(C)c6cc7c8ccccc8n(-c8cc(C)cc(C)c8)c7cc65)cccc23)c2ccccc2C4(C)C)c1. The van der Waals surface area contributed by atoms with Crippen molar-refractivity contribution >= 4 is 88.5 Å². The number of para-hydroxylation sites is 4. The number of benzene rings is 10. The number of hydrogen-bond donors (Lipinski definition) is 0. The topological polar surface area (TPSA) is 16.3 Å². The lowest BCUT2D eigenvalue weighted by Gasteiger charge is -2.43. The highest BCUT2D eigenvalue weighted by molar-refractivity contribution is 6.15. The fraction of sp³-hybridized carbons (Fsp3) is 0.147. The summed E-state index contributed by atoms with van der Waals surface area (Å²) in [4.78, 5) is 5.13. The van der Waals surface area contributed by atoms with Gasteiger partial charge in [0.25, 0.3) is 0 Å². The predicted octanol–water partition coefficient (Wildman–Crippen LogP) is 18.5. The van der Waals surface area contributed by atoms with Crippen molar-refractivity contribution in [3.8, 4) is 11.4 Å². The fourth-order valence-corrected chi connectivity index (χ4v) is 13.2. The van der Waals surface area contributed by atoms with E-state index in [9.17, 15) is 0 Å². The van der Waals surface area contributed by atoms with E-state index in [1.807, 2.05) is 0 Å². The Labute approximate surface area is 421 Å². The van der Waals surface area contributed by atoms with Crippen molar-refractivity contribution < 1.29 is 0 Å². The molecule has 348 valence electrons. The third-order valence-corrected chi connectivity index (χ3v) is 16.3. The molecule has 12 aromatic rings. The van der Waals surface area contributed by atoms with Gasteiger partial charge in [-0.1, -0.05) is 137 Å². The lowest BCUT2D eigenvalue weighted by molar-refractivity contribution is 0.633. The van der Waals surface area contributed by atoms with Gasteiger partial charge in [-0.25, -0.2) is 0 Å². The molecule has 2 aromatic heterocycles. The highest BCUT2D eigenvalue weighted by Gasteiger charge is 2.40. The number of anilines is 6. The third kappa shape index (κ3) is 5.93. The van der Waals surface area contributed by atoms with Gasteiger partial charge in [0.1, 0.15) is 0 Å². The monoisotopic (exact) mass is 928 g/mol. The van der Waals surface area contributed by atoms with Crippen LogP contribution in [0.1, 0.15) is 72.2 Å². The van der Waals surface area contributed by atoms with Gasteiger partial charge >= 0.3 is 0 Å². The Kier molecular flexibility index (Phi) is 8.91. The molecular weight excluding hydrogens is 873 g/mol. The second-order valence-electron chi connectivity index (χ2n) is 21.8. The number of hydrogen-bond acceptors (Lipinski definition) is 2. The molecule has 0 atom stereocenters.